The van der Waals surface area contributed by atoms with Crippen LogP contribution in [0.2, 0.25) is 0 Å². The van der Waals surface area contributed by atoms with Crippen molar-refractivity contribution < 1.29 is 13.0 Å². The molecule has 100 valence electrons. The Hall–Kier alpha value is -1.72. The molecule has 0 aliphatic heterocycles. The Morgan fingerprint density at radius 3 is 2.05 bits per heavy atom. The maximum Gasteiger partial charge on any atom is 0.296 e. The van der Waals surface area contributed by atoms with Crippen LogP contribution in [0, 0.1) is 20.8 Å². The van der Waals surface area contributed by atoms with Gasteiger partial charge in [-0.3, -0.25) is 9.54 Å². The highest BCUT2D eigenvalue weighted by Gasteiger charge is 2.12. The maximum atomic E-state index is 11.0. The molecule has 0 atom stereocenters. The predicted molar refractivity (Wildman–Crippen MR) is 73.7 cm³/mol. The van der Waals surface area contributed by atoms with E-state index in [1.807, 2.05) is 20.8 Å². The Balaban J connectivity index is 2.55. The minimum Gasteiger partial charge on any atom is -0.282 e. The van der Waals surface area contributed by atoms with E-state index in [1.165, 1.54) is 17.8 Å². The quantitative estimate of drug-likeness (QED) is 0.857. The van der Waals surface area contributed by atoms with Gasteiger partial charge in [-0.25, -0.2) is 0 Å². The Labute approximate surface area is 112 Å². The SMILES string of the molecule is Cc1cc(C)c(-c2ccc(S(=O)(=O)O)cn2)c(C)c1. The fourth-order valence-corrected chi connectivity index (χ4v) is 2.69. The summed E-state index contributed by atoms with van der Waals surface area (Å²) in [5.41, 5.74) is 5.04. The highest BCUT2D eigenvalue weighted by molar-refractivity contribution is 7.85. The van der Waals surface area contributed by atoms with Gasteiger partial charge in [0.15, 0.2) is 0 Å². The number of pyridine rings is 1. The van der Waals surface area contributed by atoms with Crippen LogP contribution in [0.15, 0.2) is 35.4 Å². The molecule has 0 aliphatic carbocycles. The second kappa shape index (κ2) is 4.75. The van der Waals surface area contributed by atoms with E-state index in [1.54, 1.807) is 6.07 Å². The Kier molecular flexibility index (Phi) is 3.43. The number of benzene rings is 1. The summed E-state index contributed by atoms with van der Waals surface area (Å²) in [7, 11) is -4.19. The van der Waals surface area contributed by atoms with E-state index in [0.717, 1.165) is 16.7 Å². The van der Waals surface area contributed by atoms with Crippen LogP contribution in [0.5, 0.6) is 0 Å². The molecule has 0 aliphatic rings. The van der Waals surface area contributed by atoms with Crippen LogP contribution >= 0.6 is 0 Å². The molecule has 5 heteroatoms. The van der Waals surface area contributed by atoms with Gasteiger partial charge < -0.3 is 0 Å². The molecule has 1 N–H and O–H groups in total. The summed E-state index contributed by atoms with van der Waals surface area (Å²) in [4.78, 5) is 3.93. The van der Waals surface area contributed by atoms with E-state index in [9.17, 15) is 8.42 Å². The highest BCUT2D eigenvalue weighted by Crippen LogP contribution is 2.27. The fourth-order valence-electron chi connectivity index (χ4n) is 2.26. The first-order chi connectivity index (χ1) is 8.79. The first kappa shape index (κ1) is 13.7. The third-order valence-corrected chi connectivity index (χ3v) is 3.80. The molecule has 0 radical (unpaired) electrons. The van der Waals surface area contributed by atoms with Crippen LogP contribution in [-0.4, -0.2) is 18.0 Å². The summed E-state index contributed by atoms with van der Waals surface area (Å²) in [6, 6.07) is 7.07. The lowest BCUT2D eigenvalue weighted by Gasteiger charge is -2.11. The average molecular weight is 277 g/mol. The van der Waals surface area contributed by atoms with E-state index in [4.69, 9.17) is 4.55 Å². The van der Waals surface area contributed by atoms with Crippen LogP contribution in [0.4, 0.5) is 0 Å². The largest absolute Gasteiger partial charge is 0.296 e. The molecule has 0 fully saturated rings. The van der Waals surface area contributed by atoms with Crippen LogP contribution in [-0.2, 0) is 10.1 Å². The number of rotatable bonds is 2. The summed E-state index contributed by atoms with van der Waals surface area (Å²) >= 11 is 0. The number of nitrogens with zero attached hydrogens (tertiary/aromatic N) is 1. The van der Waals surface area contributed by atoms with Gasteiger partial charge in [-0.2, -0.15) is 8.42 Å². The van der Waals surface area contributed by atoms with Gasteiger partial charge in [0, 0.05) is 11.8 Å². The lowest BCUT2D eigenvalue weighted by molar-refractivity contribution is 0.483. The van der Waals surface area contributed by atoms with Gasteiger partial charge in [0.2, 0.25) is 0 Å². The molecule has 1 aromatic heterocycles. The molecule has 1 heterocycles. The summed E-state index contributed by atoms with van der Waals surface area (Å²) in [5, 5.41) is 0. The Morgan fingerprint density at radius 1 is 1.05 bits per heavy atom. The molecule has 0 saturated carbocycles. The van der Waals surface area contributed by atoms with Crippen molar-refractivity contribution in [2.75, 3.05) is 0 Å². The molecule has 2 aromatic rings. The molecule has 19 heavy (non-hydrogen) atoms. The molecule has 0 spiro atoms. The highest BCUT2D eigenvalue weighted by atomic mass is 32.2. The van der Waals surface area contributed by atoms with Crippen molar-refractivity contribution in [1.29, 1.82) is 0 Å². The average Bonchev–Trinajstić information content (AvgIpc) is 2.27. The third kappa shape index (κ3) is 2.83. The minimum absolute atomic E-state index is 0.196. The van der Waals surface area contributed by atoms with Crippen LogP contribution in [0.3, 0.4) is 0 Å². The van der Waals surface area contributed by atoms with Gasteiger partial charge in [-0.05, 0) is 44.0 Å². The summed E-state index contributed by atoms with van der Waals surface area (Å²) in [6.45, 7) is 6.01. The van der Waals surface area contributed by atoms with E-state index in [-0.39, 0.29) is 4.90 Å². The van der Waals surface area contributed by atoms with Crippen molar-refractivity contribution in [3.05, 3.63) is 47.2 Å². The first-order valence-corrected chi connectivity index (χ1v) is 7.25. The number of hydrogen-bond donors (Lipinski definition) is 1. The van der Waals surface area contributed by atoms with E-state index < -0.39 is 10.1 Å². The molecule has 1 aromatic carbocycles. The molecular weight excluding hydrogens is 262 g/mol. The molecule has 0 saturated heterocycles. The predicted octanol–water partition coefficient (Wildman–Crippen LogP) is 2.92. The van der Waals surface area contributed by atoms with Crippen molar-refractivity contribution in [3.63, 3.8) is 0 Å². The Bertz CT molecular complexity index is 696. The molecule has 0 unspecified atom stereocenters. The van der Waals surface area contributed by atoms with Gasteiger partial charge in [0.25, 0.3) is 10.1 Å². The molecular formula is C14H15NO3S. The van der Waals surface area contributed by atoms with Gasteiger partial charge in [0.05, 0.1) is 5.69 Å². The van der Waals surface area contributed by atoms with E-state index in [0.29, 0.717) is 5.69 Å². The molecule has 2 rings (SSSR count). The first-order valence-electron chi connectivity index (χ1n) is 5.81. The van der Waals surface area contributed by atoms with Gasteiger partial charge >= 0.3 is 0 Å². The van der Waals surface area contributed by atoms with Crippen molar-refractivity contribution >= 4 is 10.1 Å². The minimum atomic E-state index is -4.19. The van der Waals surface area contributed by atoms with Gasteiger partial charge in [-0.1, -0.05) is 17.7 Å². The molecule has 0 amide bonds. The maximum absolute atomic E-state index is 11.0. The second-order valence-corrected chi connectivity index (χ2v) is 6.05. The summed E-state index contributed by atoms with van der Waals surface area (Å²) in [6.07, 6.45) is 1.17. The van der Waals surface area contributed by atoms with Crippen LogP contribution in [0.1, 0.15) is 16.7 Å². The van der Waals surface area contributed by atoms with E-state index >= 15 is 0 Å². The van der Waals surface area contributed by atoms with Crippen molar-refractivity contribution in [2.24, 2.45) is 0 Å². The topological polar surface area (TPSA) is 67.3 Å². The van der Waals surface area contributed by atoms with E-state index in [2.05, 4.69) is 17.1 Å². The standard InChI is InChI=1S/C14H15NO3S/c1-9-6-10(2)14(11(3)7-9)13-5-4-12(8-15-13)19(16,17)18/h4-8H,1-3H3,(H,16,17,18). The smallest absolute Gasteiger partial charge is 0.282 e. The van der Waals surface area contributed by atoms with Crippen molar-refractivity contribution in [3.8, 4) is 11.3 Å². The zero-order chi connectivity index (χ0) is 14.2. The van der Waals surface area contributed by atoms with Crippen LogP contribution < -0.4 is 0 Å². The Morgan fingerprint density at radius 2 is 1.63 bits per heavy atom. The monoisotopic (exact) mass is 277 g/mol. The molecule has 0 bridgehead atoms. The lowest BCUT2D eigenvalue weighted by Crippen LogP contribution is -1.99. The normalized spacial score (nSPS) is 11.6. The third-order valence-electron chi connectivity index (χ3n) is 2.97. The van der Waals surface area contributed by atoms with Gasteiger partial charge in [0.1, 0.15) is 4.90 Å². The number of hydrogen-bond acceptors (Lipinski definition) is 3. The molecule has 4 nitrogen and oxygen atoms in total. The fraction of sp³-hybridized carbons (Fsp3) is 0.214. The summed E-state index contributed by atoms with van der Waals surface area (Å²) in [5.74, 6) is 0. The summed E-state index contributed by atoms with van der Waals surface area (Å²) < 4.78 is 30.9. The number of aryl methyl sites for hydroxylation is 3. The van der Waals surface area contributed by atoms with Crippen molar-refractivity contribution in [2.45, 2.75) is 25.7 Å². The zero-order valence-electron chi connectivity index (χ0n) is 11.0. The van der Waals surface area contributed by atoms with Crippen molar-refractivity contribution in [1.82, 2.24) is 4.98 Å². The second-order valence-electron chi connectivity index (χ2n) is 4.63. The zero-order valence-corrected chi connectivity index (χ0v) is 11.8. The van der Waals surface area contributed by atoms with Gasteiger partial charge in [-0.15, -0.1) is 0 Å². The van der Waals surface area contributed by atoms with Crippen LogP contribution in [0.25, 0.3) is 11.3 Å². The lowest BCUT2D eigenvalue weighted by atomic mass is 9.97. The number of aromatic nitrogens is 1.